The molecule has 0 spiro atoms. The molecule has 0 saturated carbocycles. The Morgan fingerprint density at radius 3 is 2.84 bits per heavy atom. The summed E-state index contributed by atoms with van der Waals surface area (Å²) < 4.78 is 53.9. The predicted molar refractivity (Wildman–Crippen MR) is 113 cm³/mol. The lowest BCUT2D eigenvalue weighted by Crippen LogP contribution is -2.34. The lowest BCUT2D eigenvalue weighted by atomic mass is 9.93. The SMILES string of the molecule is CCCCn1cnc2sc3c(c2c1=O)CC[C@@H](NCc1ccc(C(F)(F)F)cc1F)C3. The lowest BCUT2D eigenvalue weighted by molar-refractivity contribution is -0.137. The van der Waals surface area contributed by atoms with E-state index in [0.29, 0.717) is 24.4 Å². The van der Waals surface area contributed by atoms with Crippen LogP contribution in [0.1, 0.15) is 47.8 Å². The number of nitrogens with zero attached hydrogens (tertiary/aromatic N) is 2. The van der Waals surface area contributed by atoms with Crippen LogP contribution < -0.4 is 10.9 Å². The normalized spacial score (nSPS) is 16.6. The van der Waals surface area contributed by atoms with Crippen molar-refractivity contribution in [3.8, 4) is 0 Å². The number of hydrogen-bond donors (Lipinski definition) is 1. The summed E-state index contributed by atoms with van der Waals surface area (Å²) in [6.07, 6.45) is 1.15. The summed E-state index contributed by atoms with van der Waals surface area (Å²) in [5, 5.41) is 3.97. The van der Waals surface area contributed by atoms with Crippen molar-refractivity contribution in [1.29, 1.82) is 0 Å². The first-order valence-electron chi connectivity index (χ1n) is 10.4. The van der Waals surface area contributed by atoms with E-state index in [1.54, 1.807) is 10.9 Å². The monoisotopic (exact) mass is 453 g/mol. The number of unbranched alkanes of at least 4 members (excludes halogenated alkanes) is 1. The van der Waals surface area contributed by atoms with E-state index in [0.717, 1.165) is 47.0 Å². The van der Waals surface area contributed by atoms with Gasteiger partial charge >= 0.3 is 6.18 Å². The smallest absolute Gasteiger partial charge is 0.309 e. The van der Waals surface area contributed by atoms with Crippen LogP contribution in [-0.2, 0) is 32.1 Å². The molecule has 0 amide bonds. The molecule has 0 bridgehead atoms. The Bertz CT molecular complexity index is 1150. The number of alkyl halides is 3. The highest BCUT2D eigenvalue weighted by atomic mass is 32.1. The first-order chi connectivity index (χ1) is 14.8. The number of halogens is 4. The molecule has 1 atom stereocenters. The van der Waals surface area contributed by atoms with Crippen molar-refractivity contribution in [3.63, 3.8) is 0 Å². The van der Waals surface area contributed by atoms with Crippen molar-refractivity contribution < 1.29 is 17.6 Å². The molecule has 1 aliphatic rings. The van der Waals surface area contributed by atoms with Crippen LogP contribution in [0, 0.1) is 5.82 Å². The van der Waals surface area contributed by atoms with Crippen molar-refractivity contribution in [2.24, 2.45) is 0 Å². The Balaban J connectivity index is 1.48. The summed E-state index contributed by atoms with van der Waals surface area (Å²) >= 11 is 1.52. The van der Waals surface area contributed by atoms with Gasteiger partial charge in [0.1, 0.15) is 10.6 Å². The molecule has 1 aliphatic carbocycles. The average molecular weight is 454 g/mol. The van der Waals surface area contributed by atoms with E-state index < -0.39 is 17.6 Å². The highest BCUT2D eigenvalue weighted by Crippen LogP contribution is 2.34. The van der Waals surface area contributed by atoms with Gasteiger partial charge in [0, 0.05) is 29.6 Å². The van der Waals surface area contributed by atoms with Gasteiger partial charge in [0.15, 0.2) is 0 Å². The molecule has 0 unspecified atom stereocenters. The van der Waals surface area contributed by atoms with Gasteiger partial charge in [0.2, 0.25) is 0 Å². The Labute approximate surface area is 180 Å². The van der Waals surface area contributed by atoms with Crippen molar-refractivity contribution in [1.82, 2.24) is 14.9 Å². The van der Waals surface area contributed by atoms with E-state index in [2.05, 4.69) is 17.2 Å². The van der Waals surface area contributed by atoms with Gasteiger partial charge in [-0.05, 0) is 43.4 Å². The molecule has 31 heavy (non-hydrogen) atoms. The van der Waals surface area contributed by atoms with Gasteiger partial charge in [-0.1, -0.05) is 19.4 Å². The van der Waals surface area contributed by atoms with E-state index >= 15 is 0 Å². The number of rotatable bonds is 6. The number of aromatic nitrogens is 2. The van der Waals surface area contributed by atoms with Crippen molar-refractivity contribution in [2.75, 3.05) is 0 Å². The quantitative estimate of drug-likeness (QED) is 0.531. The highest BCUT2D eigenvalue weighted by Gasteiger charge is 2.31. The van der Waals surface area contributed by atoms with Crippen LogP contribution in [0.15, 0.2) is 29.3 Å². The van der Waals surface area contributed by atoms with Crippen molar-refractivity contribution in [3.05, 3.63) is 62.3 Å². The third kappa shape index (κ3) is 4.52. The second-order valence-corrected chi connectivity index (χ2v) is 8.99. The second kappa shape index (κ2) is 8.70. The largest absolute Gasteiger partial charge is 0.416 e. The minimum Gasteiger partial charge on any atom is -0.309 e. The predicted octanol–water partition coefficient (Wildman–Crippen LogP) is 5.06. The van der Waals surface area contributed by atoms with Gasteiger partial charge in [-0.15, -0.1) is 11.3 Å². The van der Waals surface area contributed by atoms with Crippen LogP contribution in [0.5, 0.6) is 0 Å². The maximum Gasteiger partial charge on any atom is 0.416 e. The molecule has 2 heterocycles. The maximum atomic E-state index is 14.1. The molecule has 0 aliphatic heterocycles. The Kier molecular flexibility index (Phi) is 6.16. The zero-order chi connectivity index (χ0) is 22.2. The third-order valence-corrected chi connectivity index (χ3v) is 6.91. The zero-order valence-electron chi connectivity index (χ0n) is 17.1. The first-order valence-corrected chi connectivity index (χ1v) is 11.2. The number of hydrogen-bond acceptors (Lipinski definition) is 4. The van der Waals surface area contributed by atoms with Gasteiger partial charge in [0.05, 0.1) is 17.3 Å². The summed E-state index contributed by atoms with van der Waals surface area (Å²) in [5.74, 6) is -0.863. The van der Waals surface area contributed by atoms with Crippen LogP contribution in [0.3, 0.4) is 0 Å². The van der Waals surface area contributed by atoms with Crippen molar-refractivity contribution >= 4 is 21.6 Å². The van der Waals surface area contributed by atoms with E-state index in [1.165, 1.54) is 17.4 Å². The van der Waals surface area contributed by atoms with Crippen LogP contribution >= 0.6 is 11.3 Å². The number of benzene rings is 1. The highest BCUT2D eigenvalue weighted by molar-refractivity contribution is 7.18. The molecule has 0 radical (unpaired) electrons. The van der Waals surface area contributed by atoms with Gasteiger partial charge in [0.25, 0.3) is 5.56 Å². The molecule has 3 aromatic rings. The third-order valence-electron chi connectivity index (χ3n) is 5.75. The maximum absolute atomic E-state index is 14.1. The van der Waals surface area contributed by atoms with E-state index in [-0.39, 0.29) is 23.7 Å². The summed E-state index contributed by atoms with van der Waals surface area (Å²) in [6, 6.07) is 2.68. The zero-order valence-corrected chi connectivity index (χ0v) is 17.9. The number of thiophene rings is 1. The minimum atomic E-state index is -4.56. The van der Waals surface area contributed by atoms with E-state index in [1.807, 2.05) is 0 Å². The molecule has 2 aromatic heterocycles. The molecule has 166 valence electrons. The number of nitrogens with one attached hydrogen (secondary N) is 1. The Morgan fingerprint density at radius 1 is 1.32 bits per heavy atom. The molecular weight excluding hydrogens is 430 g/mol. The second-order valence-electron chi connectivity index (χ2n) is 7.91. The summed E-state index contributed by atoms with van der Waals surface area (Å²) in [4.78, 5) is 19.2. The van der Waals surface area contributed by atoms with Crippen molar-refractivity contribution in [2.45, 2.75) is 64.3 Å². The standard InChI is InChI=1S/C22H23F4N3OS/c1-2-3-8-29-12-28-20-19(21(29)30)16-7-6-15(10-18(16)31-20)27-11-13-4-5-14(9-17(13)23)22(24,25)26/h4-5,9,12,15,27H,2-3,6-8,10-11H2,1H3/t15-/m1/s1. The molecule has 4 rings (SSSR count). The molecule has 0 saturated heterocycles. The van der Waals surface area contributed by atoms with Gasteiger partial charge in [-0.3, -0.25) is 9.36 Å². The Morgan fingerprint density at radius 2 is 2.13 bits per heavy atom. The average Bonchev–Trinajstić information content (AvgIpc) is 3.10. The fourth-order valence-electron chi connectivity index (χ4n) is 3.98. The molecule has 4 nitrogen and oxygen atoms in total. The van der Waals surface area contributed by atoms with Gasteiger partial charge in [-0.2, -0.15) is 13.2 Å². The topological polar surface area (TPSA) is 46.9 Å². The molecule has 9 heteroatoms. The first kappa shape index (κ1) is 22.0. The number of aryl methyl sites for hydroxylation is 2. The van der Waals surface area contributed by atoms with Gasteiger partial charge < -0.3 is 5.32 Å². The Hall–Kier alpha value is -2.26. The van der Waals surface area contributed by atoms with Crippen LogP contribution in [-0.4, -0.2) is 15.6 Å². The fourth-order valence-corrected chi connectivity index (χ4v) is 5.24. The van der Waals surface area contributed by atoms with E-state index in [9.17, 15) is 22.4 Å². The summed E-state index contributed by atoms with van der Waals surface area (Å²) in [5.41, 5.74) is 0.283. The molecular formula is C22H23F4N3OS. The number of fused-ring (bicyclic) bond motifs is 3. The summed E-state index contributed by atoms with van der Waals surface area (Å²) in [7, 11) is 0. The molecule has 1 aromatic carbocycles. The fraction of sp³-hybridized carbons (Fsp3) is 0.455. The van der Waals surface area contributed by atoms with Crippen LogP contribution in [0.4, 0.5) is 17.6 Å². The van der Waals surface area contributed by atoms with Crippen LogP contribution in [0.2, 0.25) is 0 Å². The summed E-state index contributed by atoms with van der Waals surface area (Å²) in [6.45, 7) is 2.88. The van der Waals surface area contributed by atoms with E-state index in [4.69, 9.17) is 0 Å². The molecule has 0 fully saturated rings. The lowest BCUT2D eigenvalue weighted by Gasteiger charge is -2.23. The molecule has 1 N–H and O–H groups in total. The van der Waals surface area contributed by atoms with Gasteiger partial charge in [-0.25, -0.2) is 9.37 Å². The minimum absolute atomic E-state index is 0.00850. The van der Waals surface area contributed by atoms with Crippen LogP contribution in [0.25, 0.3) is 10.2 Å².